The molecule has 3 nitrogen and oxygen atoms in total. The summed E-state index contributed by atoms with van der Waals surface area (Å²) >= 11 is 0. The molecule has 0 fully saturated rings. The van der Waals surface area contributed by atoms with Crippen molar-refractivity contribution in [3.8, 4) is 0 Å². The van der Waals surface area contributed by atoms with E-state index in [1.54, 1.807) is 0 Å². The summed E-state index contributed by atoms with van der Waals surface area (Å²) in [6.07, 6.45) is 0. The number of benzene rings is 6. The van der Waals surface area contributed by atoms with Crippen LogP contribution < -0.4 is 42.6 Å². The van der Waals surface area contributed by atoms with Crippen LogP contribution in [0.2, 0.25) is 0 Å². The second kappa shape index (κ2) is 11.4. The Morgan fingerprint density at radius 2 is 0.585 bits per heavy atom. The summed E-state index contributed by atoms with van der Waals surface area (Å²) < 4.78 is 8.22. The highest BCUT2D eigenvalue weighted by Gasteiger charge is 2.52. The van der Waals surface area contributed by atoms with Crippen molar-refractivity contribution in [2.75, 3.05) is 11.5 Å². The molecule has 6 rings (SSSR count). The van der Waals surface area contributed by atoms with Gasteiger partial charge in [-0.1, -0.05) is 146 Å². The summed E-state index contributed by atoms with van der Waals surface area (Å²) in [4.78, 5) is 0. The molecule has 0 aliphatic rings. The van der Waals surface area contributed by atoms with Crippen LogP contribution in [0, 0.1) is 0 Å². The molecule has 0 aliphatic carbocycles. The van der Waals surface area contributed by atoms with Gasteiger partial charge in [0.05, 0.1) is 0 Å². The van der Waals surface area contributed by atoms with Crippen LogP contribution in [-0.2, 0) is 4.12 Å². The van der Waals surface area contributed by atoms with Crippen LogP contribution in [0.15, 0.2) is 170 Å². The van der Waals surface area contributed by atoms with Crippen LogP contribution in [0.3, 0.4) is 0 Å². The number of rotatable bonds is 8. The average molecular weight is 565 g/mol. The standard InChI is InChI=1S/C36H32N2OSi2/c37-29-15-13-25-35(27-29)40(31-17-5-1-6-18-31,32-19-7-2-8-20-32)39-41(33-21-9-3-10-22-33,34-23-11-4-12-24-34)36-26-14-16-30(38)28-36/h1-28H,37-38H2. The van der Waals surface area contributed by atoms with Crippen LogP contribution in [0.5, 0.6) is 0 Å². The van der Waals surface area contributed by atoms with Crippen molar-refractivity contribution in [3.05, 3.63) is 170 Å². The molecular weight excluding hydrogens is 533 g/mol. The predicted molar refractivity (Wildman–Crippen MR) is 178 cm³/mol. The van der Waals surface area contributed by atoms with Gasteiger partial charge < -0.3 is 15.6 Å². The molecule has 5 heteroatoms. The van der Waals surface area contributed by atoms with Crippen LogP contribution in [-0.4, -0.2) is 16.6 Å². The smallest absolute Gasteiger partial charge is 0.278 e. The second-order valence-corrected chi connectivity index (χ2v) is 17.2. The van der Waals surface area contributed by atoms with Crippen molar-refractivity contribution >= 4 is 59.1 Å². The van der Waals surface area contributed by atoms with Gasteiger partial charge in [0.1, 0.15) is 0 Å². The molecule has 0 radical (unpaired) electrons. The molecular formula is C36H32N2OSi2. The first kappa shape index (κ1) is 26.5. The van der Waals surface area contributed by atoms with Gasteiger partial charge in [-0.25, -0.2) is 0 Å². The first-order valence-electron chi connectivity index (χ1n) is 13.8. The summed E-state index contributed by atoms with van der Waals surface area (Å²) in [6, 6.07) is 59.2. The molecule has 0 aromatic heterocycles. The van der Waals surface area contributed by atoms with Gasteiger partial charge in [0, 0.05) is 11.4 Å². The SMILES string of the molecule is Nc1cccc([Si](O[Si](c2ccccc2)(c2ccccc2)c2cccc(N)c2)(c2ccccc2)c2ccccc2)c1. The van der Waals surface area contributed by atoms with Crippen LogP contribution in [0.1, 0.15) is 0 Å². The van der Waals surface area contributed by atoms with E-state index in [2.05, 4.69) is 146 Å². The molecule has 0 bridgehead atoms. The van der Waals surface area contributed by atoms with E-state index in [1.807, 2.05) is 24.3 Å². The molecule has 41 heavy (non-hydrogen) atoms. The molecule has 0 aliphatic heterocycles. The maximum absolute atomic E-state index is 8.22. The van der Waals surface area contributed by atoms with Crippen molar-refractivity contribution in [2.45, 2.75) is 0 Å². The molecule has 0 heterocycles. The fourth-order valence-electron chi connectivity index (χ4n) is 5.79. The highest BCUT2D eigenvalue weighted by atomic mass is 28.4. The van der Waals surface area contributed by atoms with E-state index >= 15 is 0 Å². The second-order valence-electron chi connectivity index (χ2n) is 10.2. The monoisotopic (exact) mass is 564 g/mol. The lowest BCUT2D eigenvalue weighted by Crippen LogP contribution is -2.81. The molecule has 0 saturated heterocycles. The Kier molecular flexibility index (Phi) is 7.40. The Balaban J connectivity index is 1.78. The van der Waals surface area contributed by atoms with Gasteiger partial charge >= 0.3 is 0 Å². The van der Waals surface area contributed by atoms with Gasteiger partial charge in [-0.15, -0.1) is 0 Å². The number of hydrogen-bond donors (Lipinski definition) is 2. The predicted octanol–water partition coefficient (Wildman–Crippen LogP) is 3.50. The summed E-state index contributed by atoms with van der Waals surface area (Å²) in [7, 11) is -6.43. The maximum atomic E-state index is 8.22. The average Bonchev–Trinajstić information content (AvgIpc) is 3.04. The maximum Gasteiger partial charge on any atom is 0.278 e. The van der Waals surface area contributed by atoms with E-state index < -0.39 is 16.6 Å². The third kappa shape index (κ3) is 4.91. The fraction of sp³-hybridized carbons (Fsp3) is 0. The Morgan fingerprint density at radius 1 is 0.317 bits per heavy atom. The Morgan fingerprint density at radius 3 is 0.854 bits per heavy atom. The van der Waals surface area contributed by atoms with Crippen molar-refractivity contribution in [3.63, 3.8) is 0 Å². The lowest BCUT2D eigenvalue weighted by atomic mass is 10.3. The summed E-state index contributed by atoms with van der Waals surface area (Å²) in [5.41, 5.74) is 14.4. The largest absolute Gasteiger partial charge is 0.435 e. The van der Waals surface area contributed by atoms with Gasteiger partial charge in [-0.3, -0.25) is 0 Å². The van der Waals surface area contributed by atoms with Crippen molar-refractivity contribution in [2.24, 2.45) is 0 Å². The Bertz CT molecular complexity index is 1520. The van der Waals surface area contributed by atoms with Crippen LogP contribution in [0.4, 0.5) is 11.4 Å². The number of hydrogen-bond acceptors (Lipinski definition) is 3. The zero-order chi connectivity index (χ0) is 28.1. The summed E-state index contributed by atoms with van der Waals surface area (Å²) in [5.74, 6) is 0. The molecule has 0 spiro atoms. The number of nitrogen functional groups attached to an aromatic ring is 2. The van der Waals surface area contributed by atoms with Gasteiger partial charge in [0.25, 0.3) is 16.6 Å². The van der Waals surface area contributed by atoms with E-state index in [0.29, 0.717) is 11.4 Å². The summed E-state index contributed by atoms with van der Waals surface area (Å²) in [6.45, 7) is 0. The first-order valence-corrected chi connectivity index (χ1v) is 17.6. The van der Waals surface area contributed by atoms with E-state index in [-0.39, 0.29) is 0 Å². The third-order valence-corrected chi connectivity index (χ3v) is 16.9. The third-order valence-electron chi connectivity index (χ3n) is 7.61. The molecule has 6 aromatic carbocycles. The number of anilines is 2. The van der Waals surface area contributed by atoms with E-state index in [0.717, 1.165) is 31.1 Å². The lowest BCUT2D eigenvalue weighted by molar-refractivity contribution is 0.600. The molecule has 200 valence electrons. The molecule has 0 unspecified atom stereocenters. The van der Waals surface area contributed by atoms with Crippen molar-refractivity contribution < 1.29 is 4.12 Å². The minimum absolute atomic E-state index is 0.713. The zero-order valence-corrected chi connectivity index (χ0v) is 24.7. The van der Waals surface area contributed by atoms with E-state index in [9.17, 15) is 0 Å². The quantitative estimate of drug-likeness (QED) is 0.169. The highest BCUT2D eigenvalue weighted by Crippen LogP contribution is 2.20. The molecule has 0 amide bonds. The molecule has 0 atom stereocenters. The summed E-state index contributed by atoms with van der Waals surface area (Å²) in [5, 5.41) is 6.83. The van der Waals surface area contributed by atoms with Crippen LogP contribution >= 0.6 is 0 Å². The van der Waals surface area contributed by atoms with Crippen molar-refractivity contribution in [1.29, 1.82) is 0 Å². The molecule has 0 saturated carbocycles. The van der Waals surface area contributed by atoms with E-state index in [1.165, 1.54) is 0 Å². The van der Waals surface area contributed by atoms with Crippen LogP contribution in [0.25, 0.3) is 0 Å². The minimum Gasteiger partial charge on any atom is -0.435 e. The van der Waals surface area contributed by atoms with Gasteiger partial charge in [-0.2, -0.15) is 0 Å². The first-order chi connectivity index (χ1) is 20.1. The Hall–Kier alpha value is -4.69. The van der Waals surface area contributed by atoms with E-state index in [4.69, 9.17) is 15.6 Å². The lowest BCUT2D eigenvalue weighted by Gasteiger charge is -2.44. The van der Waals surface area contributed by atoms with Crippen molar-refractivity contribution in [1.82, 2.24) is 0 Å². The minimum atomic E-state index is -3.22. The molecule has 4 N–H and O–H groups in total. The highest BCUT2D eigenvalue weighted by molar-refractivity contribution is 7.18. The number of nitrogens with two attached hydrogens (primary N) is 2. The zero-order valence-electron chi connectivity index (χ0n) is 22.7. The normalized spacial score (nSPS) is 11.7. The fourth-order valence-corrected chi connectivity index (χ4v) is 16.5. The van der Waals surface area contributed by atoms with Gasteiger partial charge in [0.15, 0.2) is 0 Å². The Labute approximate surface area is 244 Å². The topological polar surface area (TPSA) is 61.3 Å². The van der Waals surface area contributed by atoms with Gasteiger partial charge in [0.2, 0.25) is 0 Å². The van der Waals surface area contributed by atoms with Gasteiger partial charge in [-0.05, 0) is 55.4 Å². The molecule has 6 aromatic rings.